The zero-order chi connectivity index (χ0) is 24.3. The first-order chi connectivity index (χ1) is 16.2. The first-order valence-corrected chi connectivity index (χ1v) is 11.3. The zero-order valence-corrected chi connectivity index (χ0v) is 18.9. The smallest absolute Gasteiger partial charge is 0.416 e. The molecular weight excluding hydrogens is 467 g/mol. The summed E-state index contributed by atoms with van der Waals surface area (Å²) in [7, 11) is 0. The number of halogens is 4. The normalized spacial score (nSPS) is 18.4. The summed E-state index contributed by atoms with van der Waals surface area (Å²) in [6.07, 6.45) is -1.26. The number of phenolic OH excluding ortho intramolecular Hbond substituents is 1. The first kappa shape index (κ1) is 24.0. The van der Waals surface area contributed by atoms with Crippen LogP contribution in [0.5, 0.6) is 11.5 Å². The van der Waals surface area contributed by atoms with E-state index in [2.05, 4.69) is 5.32 Å². The van der Waals surface area contributed by atoms with Crippen LogP contribution in [0.1, 0.15) is 53.1 Å². The van der Waals surface area contributed by atoms with Gasteiger partial charge >= 0.3 is 6.18 Å². The Morgan fingerprint density at radius 1 is 1.00 bits per heavy atom. The van der Waals surface area contributed by atoms with Crippen molar-refractivity contribution in [3.05, 3.63) is 88.4 Å². The van der Waals surface area contributed by atoms with Crippen molar-refractivity contribution in [3.8, 4) is 11.5 Å². The summed E-state index contributed by atoms with van der Waals surface area (Å²) < 4.78 is 46.5. The van der Waals surface area contributed by atoms with Crippen LogP contribution in [0.2, 0.25) is 5.02 Å². The van der Waals surface area contributed by atoms with E-state index in [0.717, 1.165) is 43.4 Å². The van der Waals surface area contributed by atoms with Gasteiger partial charge in [0.1, 0.15) is 17.6 Å². The molecule has 1 aliphatic carbocycles. The number of carbonyl (C=O) groups excluding carboxylic acids is 1. The molecule has 1 saturated carbocycles. The number of carbonyl (C=O) groups is 1. The Balaban J connectivity index is 1.66. The number of alkyl halides is 3. The number of benzene rings is 3. The molecule has 4 rings (SSSR count). The van der Waals surface area contributed by atoms with Crippen molar-refractivity contribution in [2.24, 2.45) is 0 Å². The second kappa shape index (κ2) is 9.97. The standard InChI is InChI=1S/C26H23ClF3NO3/c27-18-11-12-22(32)20(15-18)25(33)31-21-14-17(26(28,29)30)10-13-24(21)34-23-9-5-4-8-19(23)16-6-2-1-3-7-16/h1-3,6-7,10-15,19,23,32H,4-5,8-9H2,(H,31,33)/t19-,23-/m1/s1. The van der Waals surface area contributed by atoms with E-state index in [1.807, 2.05) is 30.3 Å². The predicted octanol–water partition coefficient (Wildman–Crippen LogP) is 7.42. The van der Waals surface area contributed by atoms with Crippen molar-refractivity contribution in [2.75, 3.05) is 5.32 Å². The molecule has 4 nitrogen and oxygen atoms in total. The van der Waals surface area contributed by atoms with Gasteiger partial charge in [0.25, 0.3) is 5.91 Å². The summed E-state index contributed by atoms with van der Waals surface area (Å²) in [5.41, 5.74) is -0.102. The number of ether oxygens (including phenoxy) is 1. The Kier molecular flexibility index (Phi) is 7.03. The average Bonchev–Trinajstić information content (AvgIpc) is 2.82. The van der Waals surface area contributed by atoms with Gasteiger partial charge in [0.2, 0.25) is 0 Å². The molecule has 0 spiro atoms. The number of anilines is 1. The molecule has 8 heteroatoms. The van der Waals surface area contributed by atoms with E-state index in [9.17, 15) is 23.1 Å². The van der Waals surface area contributed by atoms with Gasteiger partial charge in [0.05, 0.1) is 16.8 Å². The van der Waals surface area contributed by atoms with Crippen LogP contribution in [0.3, 0.4) is 0 Å². The molecule has 0 radical (unpaired) electrons. The molecule has 0 saturated heterocycles. The Labute approximate surface area is 200 Å². The van der Waals surface area contributed by atoms with E-state index in [0.29, 0.717) is 0 Å². The van der Waals surface area contributed by atoms with E-state index < -0.39 is 17.6 Å². The van der Waals surface area contributed by atoms with Gasteiger partial charge in [-0.1, -0.05) is 48.4 Å². The molecular formula is C26H23ClF3NO3. The lowest BCUT2D eigenvalue weighted by atomic mass is 9.81. The summed E-state index contributed by atoms with van der Waals surface area (Å²) in [6.45, 7) is 0. The molecule has 2 N–H and O–H groups in total. The summed E-state index contributed by atoms with van der Waals surface area (Å²) in [5, 5.41) is 12.7. The second-order valence-corrected chi connectivity index (χ2v) is 8.72. The van der Waals surface area contributed by atoms with Gasteiger partial charge in [-0.25, -0.2) is 0 Å². The van der Waals surface area contributed by atoms with Crippen molar-refractivity contribution in [2.45, 2.75) is 43.9 Å². The molecule has 178 valence electrons. The summed E-state index contributed by atoms with van der Waals surface area (Å²) >= 11 is 5.92. The summed E-state index contributed by atoms with van der Waals surface area (Å²) in [5.74, 6) is -0.923. The van der Waals surface area contributed by atoms with Crippen LogP contribution in [0.15, 0.2) is 66.7 Å². The minimum atomic E-state index is -4.60. The van der Waals surface area contributed by atoms with Crippen LogP contribution in [0, 0.1) is 0 Å². The van der Waals surface area contributed by atoms with E-state index in [1.165, 1.54) is 24.3 Å². The van der Waals surface area contributed by atoms with Crippen molar-refractivity contribution < 1.29 is 27.8 Å². The Hall–Kier alpha value is -3.19. The average molecular weight is 490 g/mol. The van der Waals surface area contributed by atoms with Crippen molar-refractivity contribution in [1.29, 1.82) is 0 Å². The fraction of sp³-hybridized carbons (Fsp3) is 0.269. The quantitative estimate of drug-likeness (QED) is 0.392. The Bertz CT molecular complexity index is 1170. The summed E-state index contributed by atoms with van der Waals surface area (Å²) in [6, 6.07) is 16.7. The highest BCUT2D eigenvalue weighted by Crippen LogP contribution is 2.40. The van der Waals surface area contributed by atoms with E-state index in [-0.39, 0.29) is 39.8 Å². The van der Waals surface area contributed by atoms with Crippen LogP contribution < -0.4 is 10.1 Å². The van der Waals surface area contributed by atoms with Gasteiger partial charge in [-0.2, -0.15) is 13.2 Å². The largest absolute Gasteiger partial charge is 0.507 e. The number of amides is 1. The maximum absolute atomic E-state index is 13.4. The molecule has 1 amide bonds. The van der Waals surface area contributed by atoms with E-state index >= 15 is 0 Å². The fourth-order valence-corrected chi connectivity index (χ4v) is 4.44. The topological polar surface area (TPSA) is 58.6 Å². The van der Waals surface area contributed by atoms with Crippen molar-refractivity contribution >= 4 is 23.2 Å². The number of rotatable bonds is 5. The predicted molar refractivity (Wildman–Crippen MR) is 125 cm³/mol. The third-order valence-corrected chi connectivity index (χ3v) is 6.20. The highest BCUT2D eigenvalue weighted by molar-refractivity contribution is 6.31. The summed E-state index contributed by atoms with van der Waals surface area (Å²) in [4.78, 5) is 12.8. The molecule has 1 fully saturated rings. The lowest BCUT2D eigenvalue weighted by molar-refractivity contribution is -0.137. The van der Waals surface area contributed by atoms with Crippen molar-refractivity contribution in [1.82, 2.24) is 0 Å². The number of nitrogens with one attached hydrogen (secondary N) is 1. The molecule has 1 aliphatic rings. The molecule has 0 aliphatic heterocycles. The fourth-order valence-electron chi connectivity index (χ4n) is 4.27. The Morgan fingerprint density at radius 3 is 2.47 bits per heavy atom. The first-order valence-electron chi connectivity index (χ1n) is 10.9. The number of aromatic hydroxyl groups is 1. The molecule has 0 bridgehead atoms. The molecule has 0 aromatic heterocycles. The van der Waals surface area contributed by atoms with Crippen LogP contribution in [0.4, 0.5) is 18.9 Å². The van der Waals surface area contributed by atoms with E-state index in [1.54, 1.807) is 0 Å². The maximum atomic E-state index is 13.4. The van der Waals surface area contributed by atoms with E-state index in [4.69, 9.17) is 16.3 Å². The lowest BCUT2D eigenvalue weighted by Crippen LogP contribution is -2.29. The number of hydrogen-bond acceptors (Lipinski definition) is 3. The van der Waals surface area contributed by atoms with Gasteiger partial charge < -0.3 is 15.2 Å². The van der Waals surface area contributed by atoms with Crippen LogP contribution >= 0.6 is 11.6 Å². The highest BCUT2D eigenvalue weighted by Gasteiger charge is 2.33. The van der Waals surface area contributed by atoms with Gasteiger partial charge in [0.15, 0.2) is 0 Å². The van der Waals surface area contributed by atoms with Gasteiger partial charge in [-0.05, 0) is 61.2 Å². The van der Waals surface area contributed by atoms with Crippen LogP contribution in [-0.4, -0.2) is 17.1 Å². The van der Waals surface area contributed by atoms with Gasteiger partial charge in [0, 0.05) is 10.9 Å². The lowest BCUT2D eigenvalue weighted by Gasteiger charge is -2.33. The number of phenols is 1. The van der Waals surface area contributed by atoms with Crippen LogP contribution in [0.25, 0.3) is 0 Å². The molecule has 34 heavy (non-hydrogen) atoms. The van der Waals surface area contributed by atoms with Crippen LogP contribution in [-0.2, 0) is 6.18 Å². The van der Waals surface area contributed by atoms with Gasteiger partial charge in [-0.15, -0.1) is 0 Å². The highest BCUT2D eigenvalue weighted by atomic mass is 35.5. The molecule has 2 atom stereocenters. The SMILES string of the molecule is O=C(Nc1cc(C(F)(F)F)ccc1O[C@@H]1CCCC[C@@H]1c1ccccc1)c1cc(Cl)ccc1O. The molecule has 0 heterocycles. The monoisotopic (exact) mass is 489 g/mol. The Morgan fingerprint density at radius 2 is 1.74 bits per heavy atom. The van der Waals surface area contributed by atoms with Gasteiger partial charge in [-0.3, -0.25) is 4.79 Å². The minimum absolute atomic E-state index is 0.0813. The third-order valence-electron chi connectivity index (χ3n) is 5.97. The molecule has 3 aromatic rings. The third kappa shape index (κ3) is 5.47. The zero-order valence-electron chi connectivity index (χ0n) is 18.1. The van der Waals surface area contributed by atoms with Crippen molar-refractivity contribution in [3.63, 3.8) is 0 Å². The molecule has 3 aromatic carbocycles. The number of hydrogen-bond donors (Lipinski definition) is 2. The molecule has 0 unspecified atom stereocenters. The second-order valence-electron chi connectivity index (χ2n) is 8.28. The maximum Gasteiger partial charge on any atom is 0.416 e. The minimum Gasteiger partial charge on any atom is -0.507 e.